The molecule has 0 bridgehead atoms. The molecule has 0 amide bonds. The van der Waals surface area contributed by atoms with Gasteiger partial charge in [-0.05, 0) is 19.1 Å². The van der Waals surface area contributed by atoms with Gasteiger partial charge in [0, 0.05) is 24.8 Å². The first kappa shape index (κ1) is 15.7. The SMILES string of the molecule is CCN(C[C@H](O)CS(=O)(=O)O)c1cccc(OC)c1. The van der Waals surface area contributed by atoms with Crippen molar-refractivity contribution in [3.8, 4) is 5.75 Å². The molecule has 1 rings (SSSR count). The van der Waals surface area contributed by atoms with Crippen molar-refractivity contribution in [2.75, 3.05) is 30.9 Å². The molecular weight excluding hydrogens is 270 g/mol. The van der Waals surface area contributed by atoms with Crippen LogP contribution in [0.3, 0.4) is 0 Å². The van der Waals surface area contributed by atoms with Crippen LogP contribution in [0.25, 0.3) is 0 Å². The Kier molecular flexibility index (Phi) is 5.59. The third-order valence-electron chi connectivity index (χ3n) is 2.63. The number of likely N-dealkylation sites (N-methyl/N-ethyl adjacent to an activating group) is 1. The number of anilines is 1. The largest absolute Gasteiger partial charge is 0.497 e. The van der Waals surface area contributed by atoms with Crippen LogP contribution in [0, 0.1) is 0 Å². The van der Waals surface area contributed by atoms with E-state index in [4.69, 9.17) is 9.29 Å². The summed E-state index contributed by atoms with van der Waals surface area (Å²) in [6.07, 6.45) is -1.15. The van der Waals surface area contributed by atoms with Gasteiger partial charge in [0.05, 0.1) is 13.2 Å². The Balaban J connectivity index is 2.77. The molecular formula is C12H19NO5S. The number of methoxy groups -OCH3 is 1. The zero-order valence-electron chi connectivity index (χ0n) is 11.0. The Morgan fingerprint density at radius 3 is 2.63 bits per heavy atom. The number of aliphatic hydroxyl groups is 1. The highest BCUT2D eigenvalue weighted by molar-refractivity contribution is 7.85. The van der Waals surface area contributed by atoms with Crippen LogP contribution in [0.4, 0.5) is 5.69 Å². The predicted octanol–water partition coefficient (Wildman–Crippen LogP) is 0.770. The molecule has 0 fully saturated rings. The number of aliphatic hydroxyl groups excluding tert-OH is 1. The zero-order valence-corrected chi connectivity index (χ0v) is 11.8. The minimum Gasteiger partial charge on any atom is -0.497 e. The van der Waals surface area contributed by atoms with Crippen LogP contribution >= 0.6 is 0 Å². The second-order valence-corrected chi connectivity index (χ2v) is 5.64. The lowest BCUT2D eigenvalue weighted by Gasteiger charge is -2.25. The van der Waals surface area contributed by atoms with E-state index in [0.29, 0.717) is 12.3 Å². The van der Waals surface area contributed by atoms with Gasteiger partial charge in [-0.25, -0.2) is 0 Å². The van der Waals surface area contributed by atoms with E-state index in [-0.39, 0.29) is 6.54 Å². The molecule has 6 nitrogen and oxygen atoms in total. The summed E-state index contributed by atoms with van der Waals surface area (Å²) in [6, 6.07) is 7.24. The maximum Gasteiger partial charge on any atom is 0.267 e. The van der Waals surface area contributed by atoms with Crippen LogP contribution in [0.5, 0.6) is 5.75 Å². The van der Waals surface area contributed by atoms with Crippen molar-refractivity contribution >= 4 is 15.8 Å². The fourth-order valence-electron chi connectivity index (χ4n) is 1.77. The topological polar surface area (TPSA) is 87.1 Å². The van der Waals surface area contributed by atoms with Gasteiger partial charge >= 0.3 is 0 Å². The van der Waals surface area contributed by atoms with Crippen LogP contribution in [-0.2, 0) is 10.1 Å². The van der Waals surface area contributed by atoms with Crippen LogP contribution < -0.4 is 9.64 Å². The van der Waals surface area contributed by atoms with Crippen molar-refractivity contribution in [3.63, 3.8) is 0 Å². The summed E-state index contributed by atoms with van der Waals surface area (Å²) in [5.41, 5.74) is 0.816. The fourth-order valence-corrected chi connectivity index (χ4v) is 2.37. The average molecular weight is 289 g/mol. The number of ether oxygens (including phenoxy) is 1. The van der Waals surface area contributed by atoms with Crippen LogP contribution in [0.1, 0.15) is 6.92 Å². The van der Waals surface area contributed by atoms with Crippen LogP contribution in [0.15, 0.2) is 24.3 Å². The molecule has 1 aromatic carbocycles. The van der Waals surface area contributed by atoms with E-state index in [9.17, 15) is 13.5 Å². The van der Waals surface area contributed by atoms with Crippen molar-refractivity contribution in [2.24, 2.45) is 0 Å². The third kappa shape index (κ3) is 5.46. The van der Waals surface area contributed by atoms with E-state index in [0.717, 1.165) is 5.69 Å². The Hall–Kier alpha value is -1.31. The highest BCUT2D eigenvalue weighted by atomic mass is 32.2. The molecule has 0 aliphatic rings. The van der Waals surface area contributed by atoms with Crippen molar-refractivity contribution in [3.05, 3.63) is 24.3 Å². The minimum atomic E-state index is -4.17. The van der Waals surface area contributed by atoms with E-state index in [1.165, 1.54) is 0 Å². The summed E-state index contributed by atoms with van der Waals surface area (Å²) < 4.78 is 35.2. The highest BCUT2D eigenvalue weighted by Crippen LogP contribution is 2.21. The zero-order chi connectivity index (χ0) is 14.5. The number of hydrogen-bond acceptors (Lipinski definition) is 5. The fraction of sp³-hybridized carbons (Fsp3) is 0.500. The quantitative estimate of drug-likeness (QED) is 0.721. The Morgan fingerprint density at radius 2 is 2.11 bits per heavy atom. The molecule has 0 aromatic heterocycles. The van der Waals surface area contributed by atoms with E-state index in [1.807, 2.05) is 19.1 Å². The molecule has 19 heavy (non-hydrogen) atoms. The standard InChI is InChI=1S/C12H19NO5S/c1-3-13(8-11(14)9-19(15,16)17)10-5-4-6-12(7-10)18-2/h4-7,11,14H,3,8-9H2,1-2H3,(H,15,16,17)/t11-/m0/s1. The molecule has 0 saturated carbocycles. The Bertz CT molecular complexity index is 503. The number of nitrogens with zero attached hydrogens (tertiary/aromatic N) is 1. The van der Waals surface area contributed by atoms with Crippen molar-refractivity contribution in [2.45, 2.75) is 13.0 Å². The summed E-state index contributed by atoms with van der Waals surface area (Å²) in [5, 5.41) is 9.66. The second kappa shape index (κ2) is 6.74. The Morgan fingerprint density at radius 1 is 1.42 bits per heavy atom. The average Bonchev–Trinajstić information content (AvgIpc) is 2.34. The lowest BCUT2D eigenvalue weighted by Crippen LogP contribution is -2.36. The van der Waals surface area contributed by atoms with Crippen molar-refractivity contribution in [1.29, 1.82) is 0 Å². The maximum absolute atomic E-state index is 10.7. The summed E-state index contributed by atoms with van der Waals surface area (Å²) in [6.45, 7) is 2.60. The molecule has 0 radical (unpaired) electrons. The normalized spacial score (nSPS) is 13.1. The molecule has 0 spiro atoms. The van der Waals surface area contributed by atoms with Crippen molar-refractivity contribution < 1.29 is 22.8 Å². The van der Waals surface area contributed by atoms with Gasteiger partial charge in [0.1, 0.15) is 11.5 Å². The van der Waals surface area contributed by atoms with Crippen LogP contribution in [0.2, 0.25) is 0 Å². The molecule has 1 atom stereocenters. The predicted molar refractivity (Wildman–Crippen MR) is 73.3 cm³/mol. The smallest absolute Gasteiger partial charge is 0.267 e. The van der Waals surface area contributed by atoms with Gasteiger partial charge in [0.15, 0.2) is 0 Å². The van der Waals surface area contributed by atoms with Gasteiger partial charge in [0.2, 0.25) is 0 Å². The molecule has 1 aromatic rings. The van der Waals surface area contributed by atoms with Gasteiger partial charge in [-0.2, -0.15) is 8.42 Å². The number of rotatable bonds is 7. The molecule has 0 heterocycles. The van der Waals surface area contributed by atoms with Gasteiger partial charge in [-0.1, -0.05) is 6.07 Å². The maximum atomic E-state index is 10.7. The first-order valence-corrected chi connectivity index (χ1v) is 7.49. The number of benzene rings is 1. The summed E-state index contributed by atoms with van der Waals surface area (Å²) in [5.74, 6) is 0.00761. The highest BCUT2D eigenvalue weighted by Gasteiger charge is 2.17. The molecule has 0 unspecified atom stereocenters. The van der Waals surface area contributed by atoms with Gasteiger partial charge in [0.25, 0.3) is 10.1 Å². The minimum absolute atomic E-state index is 0.115. The van der Waals surface area contributed by atoms with Gasteiger partial charge in [-0.15, -0.1) is 0 Å². The van der Waals surface area contributed by atoms with E-state index in [1.54, 1.807) is 24.1 Å². The summed E-state index contributed by atoms with van der Waals surface area (Å²) in [7, 11) is -2.62. The number of hydrogen-bond donors (Lipinski definition) is 2. The first-order chi connectivity index (χ1) is 8.85. The van der Waals surface area contributed by atoms with E-state index < -0.39 is 22.0 Å². The van der Waals surface area contributed by atoms with Crippen molar-refractivity contribution in [1.82, 2.24) is 0 Å². The Labute approximate surface area is 113 Å². The molecule has 0 saturated heterocycles. The lowest BCUT2D eigenvalue weighted by molar-refractivity contribution is 0.200. The molecule has 7 heteroatoms. The summed E-state index contributed by atoms with van der Waals surface area (Å²) >= 11 is 0. The second-order valence-electron chi connectivity index (χ2n) is 4.14. The molecule has 0 aliphatic heterocycles. The monoisotopic (exact) mass is 289 g/mol. The van der Waals surface area contributed by atoms with Gasteiger partial charge < -0.3 is 14.7 Å². The molecule has 108 valence electrons. The summed E-state index contributed by atoms with van der Waals surface area (Å²) in [4.78, 5) is 1.80. The lowest BCUT2D eigenvalue weighted by atomic mass is 10.2. The van der Waals surface area contributed by atoms with E-state index in [2.05, 4.69) is 0 Å². The van der Waals surface area contributed by atoms with Crippen LogP contribution in [-0.4, -0.2) is 50.1 Å². The third-order valence-corrected chi connectivity index (χ3v) is 3.44. The first-order valence-electron chi connectivity index (χ1n) is 5.88. The van der Waals surface area contributed by atoms with Gasteiger partial charge in [-0.3, -0.25) is 4.55 Å². The van der Waals surface area contributed by atoms with E-state index >= 15 is 0 Å². The molecule has 0 aliphatic carbocycles. The molecule has 2 N–H and O–H groups in total.